The fourth-order valence-electron chi connectivity index (χ4n) is 1.33. The van der Waals surface area contributed by atoms with E-state index in [4.69, 9.17) is 0 Å². The van der Waals surface area contributed by atoms with E-state index in [2.05, 4.69) is 24.4 Å². The molecule has 0 aliphatic carbocycles. The van der Waals surface area contributed by atoms with Crippen molar-refractivity contribution in [1.82, 2.24) is 5.32 Å². The molecular weight excluding hydrogens is 230 g/mol. The molecule has 0 bridgehead atoms. The lowest BCUT2D eigenvalue weighted by Crippen LogP contribution is -2.37. The van der Waals surface area contributed by atoms with Gasteiger partial charge in [-0.25, -0.2) is 0 Å². The summed E-state index contributed by atoms with van der Waals surface area (Å²) >= 11 is 1.68. The highest BCUT2D eigenvalue weighted by molar-refractivity contribution is 7.99. The first kappa shape index (κ1) is 14.1. The van der Waals surface area contributed by atoms with Crippen molar-refractivity contribution in [2.24, 2.45) is 0 Å². The topological polar surface area (TPSA) is 29.1 Å². The minimum atomic E-state index is 0.00389. The Balaban J connectivity index is 2.34. The fraction of sp³-hybridized carbons (Fsp3) is 0.500. The molecule has 0 heterocycles. The lowest BCUT2D eigenvalue weighted by molar-refractivity contribution is -0.120. The maximum atomic E-state index is 11.8. The normalized spacial score (nSPS) is 14.1. The van der Waals surface area contributed by atoms with Gasteiger partial charge in [0.1, 0.15) is 0 Å². The van der Waals surface area contributed by atoms with Crippen molar-refractivity contribution < 1.29 is 4.79 Å². The summed E-state index contributed by atoms with van der Waals surface area (Å²) in [7, 11) is 0. The minimum Gasteiger partial charge on any atom is -0.353 e. The molecule has 0 fully saturated rings. The Bertz CT molecular complexity index is 339. The number of carbonyl (C=O) groups excluding carboxylic acids is 1. The summed E-state index contributed by atoms with van der Waals surface area (Å²) in [4.78, 5) is 11.8. The molecule has 0 aliphatic heterocycles. The predicted molar refractivity (Wildman–Crippen MR) is 75.1 cm³/mol. The molecular formula is C14H21NOS. The first-order valence-electron chi connectivity index (χ1n) is 6.09. The molecule has 1 N–H and O–H groups in total. The van der Waals surface area contributed by atoms with Crippen LogP contribution in [0.4, 0.5) is 0 Å². The maximum absolute atomic E-state index is 11.8. The van der Waals surface area contributed by atoms with Crippen LogP contribution in [0.3, 0.4) is 0 Å². The molecule has 17 heavy (non-hydrogen) atoms. The van der Waals surface area contributed by atoms with Crippen LogP contribution < -0.4 is 5.32 Å². The van der Waals surface area contributed by atoms with Crippen LogP contribution in [0.2, 0.25) is 0 Å². The minimum absolute atomic E-state index is 0.00389. The Kier molecular flexibility index (Phi) is 6.12. The first-order valence-corrected chi connectivity index (χ1v) is 7.14. The molecule has 0 saturated heterocycles. The number of carbonyl (C=O) groups is 1. The average molecular weight is 251 g/mol. The lowest BCUT2D eigenvalue weighted by Gasteiger charge is -2.15. The van der Waals surface area contributed by atoms with Gasteiger partial charge in [0.15, 0.2) is 0 Å². The predicted octanol–water partition coefficient (Wildman–Crippen LogP) is 3.22. The highest BCUT2D eigenvalue weighted by Crippen LogP contribution is 2.17. The highest BCUT2D eigenvalue weighted by atomic mass is 32.2. The summed E-state index contributed by atoms with van der Waals surface area (Å²) in [6.45, 7) is 6.07. The van der Waals surface area contributed by atoms with Gasteiger partial charge in [-0.3, -0.25) is 4.79 Å². The second-order valence-electron chi connectivity index (χ2n) is 4.26. The average Bonchev–Trinajstić information content (AvgIpc) is 2.36. The maximum Gasteiger partial charge on any atom is 0.233 e. The van der Waals surface area contributed by atoms with E-state index in [0.29, 0.717) is 0 Å². The van der Waals surface area contributed by atoms with Crippen LogP contribution in [0.5, 0.6) is 0 Å². The monoisotopic (exact) mass is 251 g/mol. The van der Waals surface area contributed by atoms with Crippen molar-refractivity contribution in [1.29, 1.82) is 0 Å². The molecule has 2 nitrogen and oxygen atoms in total. The van der Waals surface area contributed by atoms with Crippen LogP contribution in [0.15, 0.2) is 30.3 Å². The number of nitrogens with one attached hydrogen (secondary N) is 1. The zero-order chi connectivity index (χ0) is 12.7. The number of rotatable bonds is 6. The zero-order valence-corrected chi connectivity index (χ0v) is 11.6. The SMILES string of the molecule is CCC(C)NC(=O)C(C)SCc1ccccc1. The van der Waals surface area contributed by atoms with Crippen LogP contribution in [0.25, 0.3) is 0 Å². The van der Waals surface area contributed by atoms with Crippen molar-refractivity contribution >= 4 is 17.7 Å². The van der Waals surface area contributed by atoms with Gasteiger partial charge in [-0.05, 0) is 25.8 Å². The molecule has 0 aliphatic rings. The number of amides is 1. The van der Waals surface area contributed by atoms with Gasteiger partial charge in [-0.2, -0.15) is 0 Å². The van der Waals surface area contributed by atoms with Gasteiger partial charge in [0, 0.05) is 11.8 Å². The third-order valence-electron chi connectivity index (χ3n) is 2.71. The zero-order valence-electron chi connectivity index (χ0n) is 10.8. The van der Waals surface area contributed by atoms with Crippen molar-refractivity contribution in [3.8, 4) is 0 Å². The third kappa shape index (κ3) is 5.26. The summed E-state index contributed by atoms with van der Waals surface area (Å²) in [6.07, 6.45) is 0.974. The Labute approximate surface area is 108 Å². The first-order chi connectivity index (χ1) is 8.13. The molecule has 1 aromatic rings. The van der Waals surface area contributed by atoms with Gasteiger partial charge in [-0.1, -0.05) is 37.3 Å². The summed E-state index contributed by atoms with van der Waals surface area (Å²) < 4.78 is 0. The van der Waals surface area contributed by atoms with E-state index in [9.17, 15) is 4.79 Å². The summed E-state index contributed by atoms with van der Waals surface area (Å²) in [5.74, 6) is 1.02. The Hall–Kier alpha value is -0.960. The Morgan fingerprint density at radius 2 is 1.94 bits per heavy atom. The highest BCUT2D eigenvalue weighted by Gasteiger charge is 2.14. The van der Waals surface area contributed by atoms with Gasteiger partial charge >= 0.3 is 0 Å². The van der Waals surface area contributed by atoms with E-state index in [1.54, 1.807) is 11.8 Å². The molecule has 94 valence electrons. The van der Waals surface area contributed by atoms with E-state index in [-0.39, 0.29) is 17.2 Å². The third-order valence-corrected chi connectivity index (χ3v) is 3.93. The molecule has 0 spiro atoms. The number of hydrogen-bond acceptors (Lipinski definition) is 2. The number of hydrogen-bond donors (Lipinski definition) is 1. The Morgan fingerprint density at radius 1 is 1.29 bits per heavy atom. The summed E-state index contributed by atoms with van der Waals surface area (Å²) in [6, 6.07) is 10.5. The molecule has 0 radical (unpaired) electrons. The molecule has 3 heteroatoms. The summed E-state index contributed by atoms with van der Waals surface area (Å²) in [5.41, 5.74) is 1.26. The molecule has 1 rings (SSSR count). The van der Waals surface area contributed by atoms with Crippen LogP contribution in [0.1, 0.15) is 32.8 Å². The number of benzene rings is 1. The van der Waals surface area contributed by atoms with Gasteiger partial charge in [0.05, 0.1) is 5.25 Å². The molecule has 0 aromatic heterocycles. The van der Waals surface area contributed by atoms with Gasteiger partial charge in [-0.15, -0.1) is 11.8 Å². The number of thioether (sulfide) groups is 1. The van der Waals surface area contributed by atoms with Gasteiger partial charge < -0.3 is 5.32 Å². The second-order valence-corrected chi connectivity index (χ2v) is 5.59. The molecule has 0 saturated carbocycles. The van der Waals surface area contributed by atoms with Crippen molar-refractivity contribution in [3.63, 3.8) is 0 Å². The summed E-state index contributed by atoms with van der Waals surface area (Å²) in [5, 5.41) is 3.01. The van der Waals surface area contributed by atoms with E-state index in [0.717, 1.165) is 12.2 Å². The Morgan fingerprint density at radius 3 is 2.53 bits per heavy atom. The van der Waals surface area contributed by atoms with Crippen molar-refractivity contribution in [2.45, 2.75) is 44.2 Å². The van der Waals surface area contributed by atoms with Gasteiger partial charge in [0.25, 0.3) is 0 Å². The van der Waals surface area contributed by atoms with Crippen LogP contribution in [0, 0.1) is 0 Å². The quantitative estimate of drug-likeness (QED) is 0.841. The van der Waals surface area contributed by atoms with E-state index < -0.39 is 0 Å². The molecule has 1 aromatic carbocycles. The largest absolute Gasteiger partial charge is 0.353 e. The van der Waals surface area contributed by atoms with E-state index >= 15 is 0 Å². The van der Waals surface area contributed by atoms with Crippen LogP contribution in [-0.4, -0.2) is 17.2 Å². The molecule has 2 atom stereocenters. The van der Waals surface area contributed by atoms with E-state index in [1.165, 1.54) is 5.56 Å². The smallest absolute Gasteiger partial charge is 0.233 e. The van der Waals surface area contributed by atoms with E-state index in [1.807, 2.05) is 32.0 Å². The van der Waals surface area contributed by atoms with Crippen LogP contribution in [-0.2, 0) is 10.5 Å². The van der Waals surface area contributed by atoms with Crippen molar-refractivity contribution in [3.05, 3.63) is 35.9 Å². The fourth-order valence-corrected chi connectivity index (χ4v) is 2.19. The second kappa shape index (κ2) is 7.38. The standard InChI is InChI=1S/C14H21NOS/c1-4-11(2)15-14(16)12(3)17-10-13-8-6-5-7-9-13/h5-9,11-12H,4,10H2,1-3H3,(H,15,16). The van der Waals surface area contributed by atoms with Crippen molar-refractivity contribution in [2.75, 3.05) is 0 Å². The van der Waals surface area contributed by atoms with Crippen LogP contribution >= 0.6 is 11.8 Å². The molecule has 1 amide bonds. The van der Waals surface area contributed by atoms with Gasteiger partial charge in [0.2, 0.25) is 5.91 Å². The lowest BCUT2D eigenvalue weighted by atomic mass is 10.2. The molecule has 2 unspecified atom stereocenters.